The van der Waals surface area contributed by atoms with Crippen LogP contribution in [0, 0.1) is 6.92 Å². The van der Waals surface area contributed by atoms with Gasteiger partial charge in [-0.1, -0.05) is 12.1 Å². The third-order valence-corrected chi connectivity index (χ3v) is 2.44. The van der Waals surface area contributed by atoms with E-state index in [1.165, 1.54) is 14.2 Å². The lowest BCUT2D eigenvalue weighted by molar-refractivity contribution is -0.0974. The zero-order valence-corrected chi connectivity index (χ0v) is 10.2. The van der Waals surface area contributed by atoms with Crippen molar-refractivity contribution in [3.05, 3.63) is 29.3 Å². The Labute approximate surface area is 100 Å². The van der Waals surface area contributed by atoms with Crippen LogP contribution in [0.5, 0.6) is 5.75 Å². The molecule has 0 fully saturated rings. The minimum atomic E-state index is -0.495. The number of para-hydroxylation sites is 1. The molecular formula is C12H17NO4. The molecule has 0 saturated carbocycles. The van der Waals surface area contributed by atoms with E-state index in [0.29, 0.717) is 5.56 Å². The lowest BCUT2D eigenvalue weighted by Gasteiger charge is -2.14. The molecule has 1 amide bonds. The minimum absolute atomic E-state index is 0.00335. The summed E-state index contributed by atoms with van der Waals surface area (Å²) in [5.74, 6) is -0.360. The van der Waals surface area contributed by atoms with Gasteiger partial charge in [0.2, 0.25) is 0 Å². The first kappa shape index (κ1) is 13.5. The quantitative estimate of drug-likeness (QED) is 0.754. The predicted octanol–water partition coefficient (Wildman–Crippen LogP) is 1.05. The van der Waals surface area contributed by atoms with Gasteiger partial charge in [0.25, 0.3) is 5.91 Å². The van der Waals surface area contributed by atoms with E-state index in [4.69, 9.17) is 9.47 Å². The van der Waals surface area contributed by atoms with Crippen LogP contribution in [-0.2, 0) is 9.47 Å². The molecule has 0 saturated heterocycles. The van der Waals surface area contributed by atoms with E-state index in [1.54, 1.807) is 25.1 Å². The van der Waals surface area contributed by atoms with Gasteiger partial charge in [0.1, 0.15) is 5.75 Å². The van der Waals surface area contributed by atoms with Gasteiger partial charge < -0.3 is 19.9 Å². The van der Waals surface area contributed by atoms with Gasteiger partial charge in [-0.2, -0.15) is 0 Å². The topological polar surface area (TPSA) is 67.8 Å². The Morgan fingerprint density at radius 3 is 2.65 bits per heavy atom. The van der Waals surface area contributed by atoms with Crippen molar-refractivity contribution in [1.29, 1.82) is 0 Å². The van der Waals surface area contributed by atoms with E-state index in [2.05, 4.69) is 5.32 Å². The summed E-state index contributed by atoms with van der Waals surface area (Å²) in [5.41, 5.74) is 0.906. The zero-order valence-electron chi connectivity index (χ0n) is 10.2. The van der Waals surface area contributed by atoms with E-state index in [9.17, 15) is 9.90 Å². The number of amides is 1. The van der Waals surface area contributed by atoms with Gasteiger partial charge in [0.15, 0.2) is 6.29 Å². The molecule has 1 rings (SSSR count). The predicted molar refractivity (Wildman–Crippen MR) is 63.0 cm³/mol. The fourth-order valence-electron chi connectivity index (χ4n) is 1.38. The molecule has 0 spiro atoms. The Morgan fingerprint density at radius 1 is 1.41 bits per heavy atom. The molecule has 0 aliphatic heterocycles. The number of ether oxygens (including phenoxy) is 2. The molecule has 17 heavy (non-hydrogen) atoms. The fourth-order valence-corrected chi connectivity index (χ4v) is 1.38. The van der Waals surface area contributed by atoms with Crippen molar-refractivity contribution in [3.63, 3.8) is 0 Å². The molecule has 0 unspecified atom stereocenters. The average Bonchev–Trinajstić information content (AvgIpc) is 2.33. The highest BCUT2D eigenvalue weighted by atomic mass is 16.7. The lowest BCUT2D eigenvalue weighted by Crippen LogP contribution is -2.34. The number of benzene rings is 1. The monoisotopic (exact) mass is 239 g/mol. The molecule has 0 radical (unpaired) electrons. The van der Waals surface area contributed by atoms with Crippen molar-refractivity contribution >= 4 is 5.91 Å². The second-order valence-electron chi connectivity index (χ2n) is 3.58. The number of rotatable bonds is 5. The molecule has 0 aromatic heterocycles. The molecule has 94 valence electrons. The molecule has 5 heteroatoms. The average molecular weight is 239 g/mol. The maximum atomic E-state index is 11.8. The van der Waals surface area contributed by atoms with E-state index >= 15 is 0 Å². The van der Waals surface area contributed by atoms with Gasteiger partial charge >= 0.3 is 0 Å². The number of hydrogen-bond donors (Lipinski definition) is 2. The van der Waals surface area contributed by atoms with Crippen LogP contribution in [0.4, 0.5) is 0 Å². The number of aromatic hydroxyl groups is 1. The van der Waals surface area contributed by atoms with Crippen molar-refractivity contribution < 1.29 is 19.4 Å². The summed E-state index contributed by atoms with van der Waals surface area (Å²) >= 11 is 0. The van der Waals surface area contributed by atoms with E-state index in [1.807, 2.05) is 0 Å². The van der Waals surface area contributed by atoms with Gasteiger partial charge in [0, 0.05) is 14.2 Å². The van der Waals surface area contributed by atoms with Crippen LogP contribution in [0.2, 0.25) is 0 Å². The number of nitrogens with one attached hydrogen (secondary N) is 1. The number of phenols is 1. The minimum Gasteiger partial charge on any atom is -0.507 e. The number of phenolic OH excluding ortho intramolecular Hbond substituents is 1. The van der Waals surface area contributed by atoms with E-state index in [0.717, 1.165) is 0 Å². The second kappa shape index (κ2) is 6.22. The lowest BCUT2D eigenvalue weighted by atomic mass is 10.1. The molecule has 0 heterocycles. The van der Waals surface area contributed by atoms with Crippen molar-refractivity contribution in [3.8, 4) is 5.75 Å². The summed E-state index contributed by atoms with van der Waals surface area (Å²) in [6, 6.07) is 5.01. The standard InChI is InChI=1S/C12H17NO4/c1-8-5-4-6-9(11(8)14)12(15)13-7-10(16-2)17-3/h4-6,10,14H,7H2,1-3H3,(H,13,15). The largest absolute Gasteiger partial charge is 0.507 e. The van der Waals surface area contributed by atoms with Gasteiger partial charge in [-0.05, 0) is 18.6 Å². The highest BCUT2D eigenvalue weighted by Gasteiger charge is 2.14. The number of aryl methyl sites for hydroxylation is 1. The smallest absolute Gasteiger partial charge is 0.255 e. The van der Waals surface area contributed by atoms with E-state index < -0.39 is 6.29 Å². The van der Waals surface area contributed by atoms with Crippen molar-refractivity contribution in [2.45, 2.75) is 13.2 Å². The van der Waals surface area contributed by atoms with Gasteiger partial charge in [-0.25, -0.2) is 0 Å². The fraction of sp³-hybridized carbons (Fsp3) is 0.417. The van der Waals surface area contributed by atoms with Crippen LogP contribution in [-0.4, -0.2) is 38.1 Å². The van der Waals surface area contributed by atoms with Gasteiger partial charge in [0.05, 0.1) is 12.1 Å². The third kappa shape index (κ3) is 3.44. The highest BCUT2D eigenvalue weighted by Crippen LogP contribution is 2.20. The molecule has 0 bridgehead atoms. The summed E-state index contributed by atoms with van der Waals surface area (Å²) in [5, 5.41) is 12.3. The van der Waals surface area contributed by atoms with Crippen LogP contribution < -0.4 is 5.32 Å². The van der Waals surface area contributed by atoms with Gasteiger partial charge in [-0.3, -0.25) is 4.79 Å². The first-order chi connectivity index (χ1) is 8.10. The SMILES string of the molecule is COC(CNC(=O)c1cccc(C)c1O)OC. The maximum absolute atomic E-state index is 11.8. The molecule has 2 N–H and O–H groups in total. The first-order valence-corrected chi connectivity index (χ1v) is 5.22. The summed E-state index contributed by atoms with van der Waals surface area (Å²) in [6.07, 6.45) is -0.495. The number of carbonyl (C=O) groups excluding carboxylic acids is 1. The molecule has 0 atom stereocenters. The Bertz CT molecular complexity index is 388. The molecular weight excluding hydrogens is 222 g/mol. The van der Waals surface area contributed by atoms with Crippen LogP contribution in [0.25, 0.3) is 0 Å². The highest BCUT2D eigenvalue weighted by molar-refractivity contribution is 5.97. The number of hydrogen-bond acceptors (Lipinski definition) is 4. The molecule has 0 aliphatic rings. The Balaban J connectivity index is 2.67. The van der Waals surface area contributed by atoms with Crippen LogP contribution >= 0.6 is 0 Å². The van der Waals surface area contributed by atoms with Crippen molar-refractivity contribution in [1.82, 2.24) is 5.32 Å². The van der Waals surface area contributed by atoms with Gasteiger partial charge in [-0.15, -0.1) is 0 Å². The number of methoxy groups -OCH3 is 2. The summed E-state index contributed by atoms with van der Waals surface area (Å²) in [4.78, 5) is 11.8. The molecule has 5 nitrogen and oxygen atoms in total. The number of carbonyl (C=O) groups is 1. The molecule has 0 aliphatic carbocycles. The van der Waals surface area contributed by atoms with Crippen LogP contribution in [0.3, 0.4) is 0 Å². The normalized spacial score (nSPS) is 10.6. The third-order valence-electron chi connectivity index (χ3n) is 2.44. The second-order valence-corrected chi connectivity index (χ2v) is 3.58. The maximum Gasteiger partial charge on any atom is 0.255 e. The Kier molecular flexibility index (Phi) is 4.93. The molecule has 1 aromatic rings. The van der Waals surface area contributed by atoms with Crippen LogP contribution in [0.15, 0.2) is 18.2 Å². The Hall–Kier alpha value is -1.59. The molecule has 1 aromatic carbocycles. The van der Waals surface area contributed by atoms with Crippen molar-refractivity contribution in [2.75, 3.05) is 20.8 Å². The van der Waals surface area contributed by atoms with Crippen molar-refractivity contribution in [2.24, 2.45) is 0 Å². The summed E-state index contributed by atoms with van der Waals surface area (Å²) in [7, 11) is 2.98. The first-order valence-electron chi connectivity index (χ1n) is 5.22. The van der Waals surface area contributed by atoms with Crippen LogP contribution in [0.1, 0.15) is 15.9 Å². The summed E-state index contributed by atoms with van der Waals surface area (Å²) in [6.45, 7) is 1.96. The summed E-state index contributed by atoms with van der Waals surface area (Å²) < 4.78 is 9.88. The van der Waals surface area contributed by atoms with E-state index in [-0.39, 0.29) is 23.8 Å². The Morgan fingerprint density at radius 2 is 2.06 bits per heavy atom. The zero-order chi connectivity index (χ0) is 12.8.